The Hall–Kier alpha value is -2.93. The van der Waals surface area contributed by atoms with Crippen LogP contribution in [-0.2, 0) is 21.5 Å². The summed E-state index contributed by atoms with van der Waals surface area (Å²) in [6, 6.07) is 10.2. The van der Waals surface area contributed by atoms with E-state index in [1.54, 1.807) is 27.5 Å². The number of amides is 1. The molecule has 5 rings (SSSR count). The molecule has 162 valence electrons. The number of likely N-dealkylation sites (N-methyl/N-ethyl adjacent to an activating group) is 1. The second-order valence-corrected chi connectivity index (χ2v) is 8.90. The summed E-state index contributed by atoms with van der Waals surface area (Å²) in [6.07, 6.45) is 6.41. The molecule has 1 amide bonds. The third-order valence-electron chi connectivity index (χ3n) is 7.54. The molecule has 1 fully saturated rings. The van der Waals surface area contributed by atoms with Crippen LogP contribution in [0.5, 0.6) is 5.88 Å². The molecule has 1 aromatic heterocycles. The van der Waals surface area contributed by atoms with Crippen molar-refractivity contribution in [3.05, 3.63) is 47.7 Å². The van der Waals surface area contributed by atoms with Gasteiger partial charge in [-0.3, -0.25) is 9.69 Å². The van der Waals surface area contributed by atoms with E-state index in [0.717, 1.165) is 48.8 Å². The molecule has 2 aromatic rings. The highest BCUT2D eigenvalue weighted by atomic mass is 16.5. The fourth-order valence-electron chi connectivity index (χ4n) is 5.81. The van der Waals surface area contributed by atoms with Gasteiger partial charge in [0.05, 0.1) is 13.2 Å². The Balaban J connectivity index is 1.66. The lowest BCUT2D eigenvalue weighted by atomic mass is 9.61. The highest BCUT2D eigenvalue weighted by molar-refractivity contribution is 6.08. The minimum Gasteiger partial charge on any atom is -0.481 e. The van der Waals surface area contributed by atoms with Gasteiger partial charge in [-0.15, -0.1) is 0 Å². The normalized spacial score (nSPS) is 29.5. The number of ether oxygens (including phenoxy) is 2. The van der Waals surface area contributed by atoms with Crippen molar-refractivity contribution in [2.75, 3.05) is 21.3 Å². The number of carbonyl (C=O) groups excluding carboxylic acids is 1. The molecule has 1 unspecified atom stereocenters. The van der Waals surface area contributed by atoms with Gasteiger partial charge in [0.2, 0.25) is 5.88 Å². The van der Waals surface area contributed by atoms with E-state index in [1.807, 2.05) is 12.1 Å². The number of aliphatic imine (C=N–C) groups is 1. The Bertz CT molecular complexity index is 1070. The van der Waals surface area contributed by atoms with Crippen molar-refractivity contribution in [2.24, 2.45) is 16.1 Å². The third-order valence-corrected chi connectivity index (χ3v) is 7.54. The molecule has 1 aliphatic heterocycles. The van der Waals surface area contributed by atoms with Crippen LogP contribution in [0.15, 0.2) is 41.5 Å². The molecule has 7 heteroatoms. The zero-order valence-electron chi connectivity index (χ0n) is 18.2. The maximum Gasteiger partial charge on any atom is 0.262 e. The molecule has 0 radical (unpaired) electrons. The van der Waals surface area contributed by atoms with Crippen molar-refractivity contribution in [3.8, 4) is 17.0 Å². The van der Waals surface area contributed by atoms with Gasteiger partial charge in [0, 0.05) is 31.8 Å². The number of methoxy groups -OCH3 is 2. The number of nitrogens with two attached hydrogens (primary N) is 1. The summed E-state index contributed by atoms with van der Waals surface area (Å²) in [4.78, 5) is 24.4. The smallest absolute Gasteiger partial charge is 0.262 e. The number of nitrogens with zero attached hydrogens (tertiary/aromatic N) is 3. The van der Waals surface area contributed by atoms with Crippen molar-refractivity contribution in [2.45, 2.75) is 43.7 Å². The molecule has 2 N–H and O–H groups in total. The second kappa shape index (κ2) is 7.05. The van der Waals surface area contributed by atoms with Crippen molar-refractivity contribution >= 4 is 11.9 Å². The largest absolute Gasteiger partial charge is 0.481 e. The molecular formula is C24H28N4O3. The Morgan fingerprint density at radius 3 is 2.52 bits per heavy atom. The number of rotatable bonds is 3. The van der Waals surface area contributed by atoms with Gasteiger partial charge >= 0.3 is 0 Å². The SMILES string of the molecule is COc1cc(-c2ccc3c(c2)C2(N=C(N)N(C)C2=O)C2(CCC(OC)CC2)C3)ccn1. The predicted octanol–water partition coefficient (Wildman–Crippen LogP) is 2.87. The maximum absolute atomic E-state index is 13.7. The van der Waals surface area contributed by atoms with Crippen LogP contribution in [0.25, 0.3) is 11.1 Å². The van der Waals surface area contributed by atoms with Gasteiger partial charge in [-0.2, -0.15) is 0 Å². The molecule has 1 saturated carbocycles. The lowest BCUT2D eigenvalue weighted by molar-refractivity contribution is -0.137. The summed E-state index contributed by atoms with van der Waals surface area (Å²) >= 11 is 0. The van der Waals surface area contributed by atoms with E-state index in [0.29, 0.717) is 11.8 Å². The lowest BCUT2D eigenvalue weighted by Crippen LogP contribution is -2.51. The van der Waals surface area contributed by atoms with Crippen molar-refractivity contribution in [1.29, 1.82) is 0 Å². The molecule has 3 aliphatic rings. The monoisotopic (exact) mass is 420 g/mol. The van der Waals surface area contributed by atoms with Crippen LogP contribution in [-0.4, -0.2) is 49.1 Å². The van der Waals surface area contributed by atoms with Gasteiger partial charge in [0.15, 0.2) is 11.5 Å². The Morgan fingerprint density at radius 2 is 1.87 bits per heavy atom. The number of carbonyl (C=O) groups is 1. The lowest BCUT2D eigenvalue weighted by Gasteiger charge is -2.45. The van der Waals surface area contributed by atoms with Crippen LogP contribution in [0.3, 0.4) is 0 Å². The number of guanidine groups is 1. The molecule has 1 atom stereocenters. The third kappa shape index (κ3) is 2.72. The van der Waals surface area contributed by atoms with Crippen LogP contribution in [0, 0.1) is 5.41 Å². The number of fused-ring (bicyclic) bond motifs is 3. The van der Waals surface area contributed by atoms with Crippen LogP contribution < -0.4 is 10.5 Å². The highest BCUT2D eigenvalue weighted by Gasteiger charge is 2.66. The van der Waals surface area contributed by atoms with Gasteiger partial charge in [0.25, 0.3) is 5.91 Å². The Morgan fingerprint density at radius 1 is 1.13 bits per heavy atom. The van der Waals surface area contributed by atoms with Crippen LogP contribution in [0.2, 0.25) is 0 Å². The molecule has 1 aromatic carbocycles. The molecule has 0 bridgehead atoms. The number of hydrogen-bond acceptors (Lipinski definition) is 6. The fraction of sp³-hybridized carbons (Fsp3) is 0.458. The first kappa shape index (κ1) is 20.0. The number of aromatic nitrogens is 1. The summed E-state index contributed by atoms with van der Waals surface area (Å²) in [5.74, 6) is 0.826. The van der Waals surface area contributed by atoms with Crippen molar-refractivity contribution in [1.82, 2.24) is 9.88 Å². The van der Waals surface area contributed by atoms with E-state index in [9.17, 15) is 4.79 Å². The molecule has 2 spiro atoms. The van der Waals surface area contributed by atoms with Gasteiger partial charge in [-0.05, 0) is 66.5 Å². The number of hydrogen-bond donors (Lipinski definition) is 1. The second-order valence-electron chi connectivity index (χ2n) is 8.90. The van der Waals surface area contributed by atoms with Crippen LogP contribution in [0.4, 0.5) is 0 Å². The summed E-state index contributed by atoms with van der Waals surface area (Å²) in [5.41, 5.74) is 9.14. The average molecular weight is 421 g/mol. The Kier molecular flexibility index (Phi) is 4.55. The maximum atomic E-state index is 13.7. The number of pyridine rings is 1. The summed E-state index contributed by atoms with van der Waals surface area (Å²) < 4.78 is 10.9. The van der Waals surface area contributed by atoms with Gasteiger partial charge in [0.1, 0.15) is 0 Å². The van der Waals surface area contributed by atoms with E-state index in [-0.39, 0.29) is 17.4 Å². The van der Waals surface area contributed by atoms with E-state index in [4.69, 9.17) is 20.2 Å². The molecule has 31 heavy (non-hydrogen) atoms. The first-order valence-electron chi connectivity index (χ1n) is 10.7. The van der Waals surface area contributed by atoms with E-state index in [2.05, 4.69) is 23.2 Å². The standard InChI is InChI=1S/C24H28N4O3/c1-28-21(29)24(27-22(28)25)19-12-15(16-8-11-26-20(13-16)31-3)4-5-17(19)14-23(24)9-6-18(30-2)7-10-23/h4-5,8,11-13,18H,6-7,9-10,14H2,1-3H3,(H2,25,27). The summed E-state index contributed by atoms with van der Waals surface area (Å²) in [5, 5.41) is 0. The van der Waals surface area contributed by atoms with Gasteiger partial charge < -0.3 is 15.2 Å². The molecule has 0 saturated heterocycles. The minimum atomic E-state index is -0.965. The average Bonchev–Trinajstić information content (AvgIpc) is 3.20. The Labute approximate surface area is 182 Å². The van der Waals surface area contributed by atoms with Gasteiger partial charge in [-0.25, -0.2) is 9.98 Å². The highest BCUT2D eigenvalue weighted by Crippen LogP contribution is 2.62. The molecule has 2 heterocycles. The van der Waals surface area contributed by atoms with E-state index >= 15 is 0 Å². The first-order chi connectivity index (χ1) is 14.9. The first-order valence-corrected chi connectivity index (χ1v) is 10.7. The van der Waals surface area contributed by atoms with E-state index < -0.39 is 5.54 Å². The zero-order chi connectivity index (χ0) is 21.8. The molecule has 2 aliphatic carbocycles. The fourth-order valence-corrected chi connectivity index (χ4v) is 5.81. The molecular weight excluding hydrogens is 392 g/mol. The molecule has 7 nitrogen and oxygen atoms in total. The minimum absolute atomic E-state index is 0.0240. The quantitative estimate of drug-likeness (QED) is 0.825. The topological polar surface area (TPSA) is 90.0 Å². The summed E-state index contributed by atoms with van der Waals surface area (Å²) in [6.45, 7) is 0. The van der Waals surface area contributed by atoms with Crippen LogP contribution in [0.1, 0.15) is 36.8 Å². The summed E-state index contributed by atoms with van der Waals surface area (Å²) in [7, 11) is 5.09. The number of benzene rings is 1. The van der Waals surface area contributed by atoms with E-state index in [1.165, 1.54) is 10.5 Å². The predicted molar refractivity (Wildman–Crippen MR) is 118 cm³/mol. The zero-order valence-corrected chi connectivity index (χ0v) is 18.2. The van der Waals surface area contributed by atoms with Crippen molar-refractivity contribution < 1.29 is 14.3 Å². The van der Waals surface area contributed by atoms with Crippen molar-refractivity contribution in [3.63, 3.8) is 0 Å². The van der Waals surface area contributed by atoms with Gasteiger partial charge in [-0.1, -0.05) is 12.1 Å². The van der Waals surface area contributed by atoms with Crippen LogP contribution >= 0.6 is 0 Å².